The Balaban J connectivity index is 1.67. The summed E-state index contributed by atoms with van der Waals surface area (Å²) in [5.74, 6) is 1.66. The molecule has 1 saturated carbocycles. The average molecular weight is 284 g/mol. The van der Waals surface area contributed by atoms with Crippen molar-refractivity contribution in [2.75, 3.05) is 0 Å². The van der Waals surface area contributed by atoms with Crippen LogP contribution in [0.2, 0.25) is 0 Å². The highest BCUT2D eigenvalue weighted by molar-refractivity contribution is 5.22. The molecule has 112 valence electrons. The van der Waals surface area contributed by atoms with Gasteiger partial charge in [-0.2, -0.15) is 0 Å². The van der Waals surface area contributed by atoms with Crippen molar-refractivity contribution in [3.05, 3.63) is 48.0 Å². The highest BCUT2D eigenvalue weighted by atomic mass is 15.3. The summed E-state index contributed by atoms with van der Waals surface area (Å²) in [5, 5.41) is 12.0. The first-order chi connectivity index (χ1) is 10.4. The number of aromatic nitrogens is 3. The van der Waals surface area contributed by atoms with Crippen molar-refractivity contribution in [3.63, 3.8) is 0 Å². The van der Waals surface area contributed by atoms with E-state index in [1.54, 1.807) is 0 Å². The lowest BCUT2D eigenvalue weighted by Crippen LogP contribution is -2.37. The molecule has 1 aromatic heterocycles. The third kappa shape index (κ3) is 3.32. The van der Waals surface area contributed by atoms with Gasteiger partial charge in [-0.3, -0.25) is 0 Å². The first-order valence-electron chi connectivity index (χ1n) is 8.03. The molecular formula is C17H24N4. The summed E-state index contributed by atoms with van der Waals surface area (Å²) in [6, 6.07) is 11.5. The summed E-state index contributed by atoms with van der Waals surface area (Å²) in [5.41, 5.74) is 1.46. The number of aryl methyl sites for hydroxylation is 1. The first kappa shape index (κ1) is 14.3. The van der Waals surface area contributed by atoms with E-state index in [1.807, 2.05) is 6.33 Å². The van der Waals surface area contributed by atoms with Crippen LogP contribution in [0.4, 0.5) is 0 Å². The Morgan fingerprint density at radius 2 is 2.00 bits per heavy atom. The van der Waals surface area contributed by atoms with Gasteiger partial charge in [-0.1, -0.05) is 43.2 Å². The second kappa shape index (κ2) is 6.85. The van der Waals surface area contributed by atoms with Crippen molar-refractivity contribution in [2.24, 2.45) is 0 Å². The Bertz CT molecular complexity index is 549. The van der Waals surface area contributed by atoms with Crippen LogP contribution in [0.3, 0.4) is 0 Å². The van der Waals surface area contributed by atoms with Crippen molar-refractivity contribution >= 4 is 0 Å². The van der Waals surface area contributed by atoms with E-state index in [4.69, 9.17) is 0 Å². The van der Waals surface area contributed by atoms with Crippen LogP contribution >= 0.6 is 0 Å². The minimum atomic E-state index is 0.545. The molecule has 4 heteroatoms. The van der Waals surface area contributed by atoms with Gasteiger partial charge in [0.15, 0.2) is 0 Å². The summed E-state index contributed by atoms with van der Waals surface area (Å²) in [6.45, 7) is 3.86. The van der Waals surface area contributed by atoms with Gasteiger partial charge < -0.3 is 9.88 Å². The lowest BCUT2D eigenvalue weighted by atomic mass is 9.80. The molecule has 0 spiro atoms. The van der Waals surface area contributed by atoms with Gasteiger partial charge in [0, 0.05) is 12.6 Å². The second-order valence-electron chi connectivity index (χ2n) is 5.82. The molecule has 0 unspecified atom stereocenters. The van der Waals surface area contributed by atoms with E-state index in [-0.39, 0.29) is 0 Å². The summed E-state index contributed by atoms with van der Waals surface area (Å²) in [6.07, 6.45) is 7.00. The molecular weight excluding hydrogens is 260 g/mol. The van der Waals surface area contributed by atoms with Crippen LogP contribution in [0.25, 0.3) is 0 Å². The normalized spacial score (nSPS) is 22.3. The Labute approximate surface area is 126 Å². The lowest BCUT2D eigenvalue weighted by Gasteiger charge is -2.32. The van der Waals surface area contributed by atoms with Crippen molar-refractivity contribution in [3.8, 4) is 0 Å². The predicted octanol–water partition coefficient (Wildman–Crippen LogP) is 3.11. The first-order valence-corrected chi connectivity index (χ1v) is 8.03. The fourth-order valence-corrected chi connectivity index (χ4v) is 3.38. The number of nitrogens with zero attached hydrogens (tertiary/aromatic N) is 3. The van der Waals surface area contributed by atoms with Gasteiger partial charge in [0.2, 0.25) is 0 Å². The summed E-state index contributed by atoms with van der Waals surface area (Å²) in [7, 11) is 0. The maximum absolute atomic E-state index is 4.22. The van der Waals surface area contributed by atoms with Crippen molar-refractivity contribution in [1.82, 2.24) is 20.1 Å². The second-order valence-corrected chi connectivity index (χ2v) is 5.82. The van der Waals surface area contributed by atoms with E-state index < -0.39 is 0 Å². The number of hydrogen-bond donors (Lipinski definition) is 1. The van der Waals surface area contributed by atoms with Gasteiger partial charge in [0.1, 0.15) is 12.2 Å². The highest BCUT2D eigenvalue weighted by Crippen LogP contribution is 2.33. The molecule has 4 nitrogen and oxygen atoms in total. The molecule has 1 N–H and O–H groups in total. The third-order valence-electron chi connectivity index (χ3n) is 4.55. The summed E-state index contributed by atoms with van der Waals surface area (Å²) in [4.78, 5) is 0. The van der Waals surface area contributed by atoms with E-state index in [2.05, 4.69) is 57.3 Å². The van der Waals surface area contributed by atoms with E-state index in [9.17, 15) is 0 Å². The van der Waals surface area contributed by atoms with Crippen LogP contribution in [0, 0.1) is 0 Å². The molecule has 0 saturated heterocycles. The smallest absolute Gasteiger partial charge is 0.146 e. The Morgan fingerprint density at radius 3 is 2.81 bits per heavy atom. The predicted molar refractivity (Wildman–Crippen MR) is 84.0 cm³/mol. The SMILES string of the molecule is CCn1cnnc1CN[C@H]1CCCC[C@H]1c1ccccc1. The van der Waals surface area contributed by atoms with Crippen LogP contribution in [-0.2, 0) is 13.1 Å². The Morgan fingerprint density at radius 1 is 1.19 bits per heavy atom. The molecule has 2 aromatic rings. The van der Waals surface area contributed by atoms with E-state index in [1.165, 1.54) is 31.2 Å². The monoisotopic (exact) mass is 284 g/mol. The largest absolute Gasteiger partial charge is 0.317 e. The minimum absolute atomic E-state index is 0.545. The highest BCUT2D eigenvalue weighted by Gasteiger charge is 2.26. The number of benzene rings is 1. The quantitative estimate of drug-likeness (QED) is 0.917. The molecule has 0 aliphatic heterocycles. The summed E-state index contributed by atoms with van der Waals surface area (Å²) >= 11 is 0. The molecule has 3 rings (SSSR count). The zero-order valence-electron chi connectivity index (χ0n) is 12.7. The van der Waals surface area contributed by atoms with Crippen molar-refractivity contribution < 1.29 is 0 Å². The molecule has 21 heavy (non-hydrogen) atoms. The molecule has 1 heterocycles. The van der Waals surface area contributed by atoms with Crippen LogP contribution in [-0.4, -0.2) is 20.8 Å². The van der Waals surface area contributed by atoms with Gasteiger partial charge in [-0.05, 0) is 31.2 Å². The zero-order valence-corrected chi connectivity index (χ0v) is 12.7. The number of hydrogen-bond acceptors (Lipinski definition) is 3. The average Bonchev–Trinajstić information content (AvgIpc) is 3.01. The minimum Gasteiger partial charge on any atom is -0.317 e. The van der Waals surface area contributed by atoms with E-state index >= 15 is 0 Å². The van der Waals surface area contributed by atoms with Gasteiger partial charge in [-0.15, -0.1) is 10.2 Å². The Hall–Kier alpha value is -1.68. The molecule has 0 bridgehead atoms. The number of rotatable bonds is 5. The van der Waals surface area contributed by atoms with Crippen LogP contribution < -0.4 is 5.32 Å². The molecule has 0 radical (unpaired) electrons. The van der Waals surface area contributed by atoms with E-state index in [0.29, 0.717) is 12.0 Å². The van der Waals surface area contributed by atoms with Gasteiger partial charge >= 0.3 is 0 Å². The van der Waals surface area contributed by atoms with Crippen LogP contribution in [0.1, 0.15) is 49.9 Å². The van der Waals surface area contributed by atoms with Gasteiger partial charge in [0.25, 0.3) is 0 Å². The maximum atomic E-state index is 4.22. The summed E-state index contributed by atoms with van der Waals surface area (Å²) < 4.78 is 2.10. The fourth-order valence-electron chi connectivity index (χ4n) is 3.38. The molecule has 1 fully saturated rings. The van der Waals surface area contributed by atoms with Crippen molar-refractivity contribution in [2.45, 2.75) is 57.7 Å². The van der Waals surface area contributed by atoms with Crippen molar-refractivity contribution in [1.29, 1.82) is 0 Å². The molecule has 1 aliphatic rings. The zero-order chi connectivity index (χ0) is 14.5. The standard InChI is InChI=1S/C17H24N4/c1-2-21-13-19-20-17(21)12-18-16-11-7-6-10-15(16)14-8-4-3-5-9-14/h3-5,8-9,13,15-16,18H,2,6-7,10-12H2,1H3/t15-,16-/m0/s1. The molecule has 1 aliphatic carbocycles. The molecule has 2 atom stereocenters. The number of nitrogens with one attached hydrogen (secondary N) is 1. The molecule has 0 amide bonds. The van der Waals surface area contributed by atoms with E-state index in [0.717, 1.165) is 18.9 Å². The van der Waals surface area contributed by atoms with Gasteiger partial charge in [0.05, 0.1) is 6.54 Å². The molecule has 1 aromatic carbocycles. The van der Waals surface area contributed by atoms with Gasteiger partial charge in [-0.25, -0.2) is 0 Å². The van der Waals surface area contributed by atoms with Crippen LogP contribution in [0.5, 0.6) is 0 Å². The van der Waals surface area contributed by atoms with Crippen LogP contribution in [0.15, 0.2) is 36.7 Å². The topological polar surface area (TPSA) is 42.7 Å². The maximum Gasteiger partial charge on any atom is 0.146 e. The Kier molecular flexibility index (Phi) is 4.65. The lowest BCUT2D eigenvalue weighted by molar-refractivity contribution is 0.322. The third-order valence-corrected chi connectivity index (χ3v) is 4.55. The fraction of sp³-hybridized carbons (Fsp3) is 0.529.